The molecular weight excluding hydrogens is 344 g/mol. The molecule has 3 rings (SSSR count). The highest BCUT2D eigenvalue weighted by molar-refractivity contribution is 6.14. The molecule has 0 unspecified atom stereocenters. The van der Waals surface area contributed by atoms with E-state index in [0.717, 1.165) is 5.56 Å². The fraction of sp³-hybridized carbons (Fsp3) is 0.300. The van der Waals surface area contributed by atoms with Crippen molar-refractivity contribution in [3.8, 4) is 0 Å². The third-order valence-corrected chi connectivity index (χ3v) is 4.34. The van der Waals surface area contributed by atoms with Gasteiger partial charge in [0.15, 0.2) is 5.65 Å². The van der Waals surface area contributed by atoms with Gasteiger partial charge in [0.05, 0.1) is 35.5 Å². The summed E-state index contributed by atoms with van der Waals surface area (Å²) in [6.07, 6.45) is 1.65. The molecule has 0 radical (unpaired) electrons. The standard InChI is InChI=1S/C20H22N4O3/c1-11(2)24-18-15(10-21-24)14(9-13(4)22-18)19(25)23-16-8-6-7-12(3)17(16)20(26)27-5/h6-11H,1-5H3,(H,23,25). The number of hydrogen-bond donors (Lipinski definition) is 1. The minimum Gasteiger partial charge on any atom is -0.465 e. The maximum absolute atomic E-state index is 13.0. The summed E-state index contributed by atoms with van der Waals surface area (Å²) in [5, 5.41) is 7.86. The summed E-state index contributed by atoms with van der Waals surface area (Å²) in [4.78, 5) is 29.7. The van der Waals surface area contributed by atoms with Crippen LogP contribution < -0.4 is 5.32 Å². The van der Waals surface area contributed by atoms with E-state index in [2.05, 4.69) is 15.4 Å². The largest absolute Gasteiger partial charge is 0.465 e. The lowest BCUT2D eigenvalue weighted by molar-refractivity contribution is 0.0601. The zero-order valence-corrected chi connectivity index (χ0v) is 16.0. The number of nitrogens with one attached hydrogen (secondary N) is 1. The molecule has 2 heterocycles. The van der Waals surface area contributed by atoms with Crippen molar-refractivity contribution in [2.45, 2.75) is 33.7 Å². The SMILES string of the molecule is COC(=O)c1c(C)cccc1NC(=O)c1cc(C)nc2c1cnn2C(C)C. The summed E-state index contributed by atoms with van der Waals surface area (Å²) in [6.45, 7) is 7.64. The maximum Gasteiger partial charge on any atom is 0.340 e. The van der Waals surface area contributed by atoms with Crippen LogP contribution in [0.4, 0.5) is 5.69 Å². The van der Waals surface area contributed by atoms with Crippen LogP contribution in [0.1, 0.15) is 51.9 Å². The molecule has 0 aliphatic carbocycles. The van der Waals surface area contributed by atoms with Gasteiger partial charge in [0.1, 0.15) is 0 Å². The number of esters is 1. The molecule has 7 nitrogen and oxygen atoms in total. The van der Waals surface area contributed by atoms with Crippen molar-refractivity contribution in [1.82, 2.24) is 14.8 Å². The molecule has 0 bridgehead atoms. The van der Waals surface area contributed by atoms with E-state index in [4.69, 9.17) is 4.74 Å². The molecule has 27 heavy (non-hydrogen) atoms. The minimum atomic E-state index is -0.493. The van der Waals surface area contributed by atoms with Gasteiger partial charge in [-0.2, -0.15) is 5.10 Å². The van der Waals surface area contributed by atoms with Gasteiger partial charge < -0.3 is 10.1 Å². The van der Waals surface area contributed by atoms with Crippen molar-refractivity contribution in [3.05, 3.63) is 52.8 Å². The molecule has 0 fully saturated rings. The molecule has 1 amide bonds. The summed E-state index contributed by atoms with van der Waals surface area (Å²) in [7, 11) is 1.32. The molecule has 0 spiro atoms. The number of rotatable bonds is 4. The van der Waals surface area contributed by atoms with Crippen LogP contribution in [0.5, 0.6) is 0 Å². The fourth-order valence-corrected chi connectivity index (χ4v) is 3.04. The number of aryl methyl sites for hydroxylation is 2. The average Bonchev–Trinajstić information content (AvgIpc) is 3.04. The van der Waals surface area contributed by atoms with Crippen LogP contribution in [0.15, 0.2) is 30.5 Å². The van der Waals surface area contributed by atoms with E-state index in [1.54, 1.807) is 42.1 Å². The quantitative estimate of drug-likeness (QED) is 0.712. The number of fused-ring (bicyclic) bond motifs is 1. The predicted molar refractivity (Wildman–Crippen MR) is 103 cm³/mol. The molecule has 0 atom stereocenters. The number of aromatic nitrogens is 3. The van der Waals surface area contributed by atoms with Gasteiger partial charge in [-0.05, 0) is 45.4 Å². The molecule has 0 aliphatic heterocycles. The van der Waals surface area contributed by atoms with Gasteiger partial charge in [-0.25, -0.2) is 14.5 Å². The Kier molecular flexibility index (Phi) is 4.94. The van der Waals surface area contributed by atoms with Gasteiger partial charge in [0.2, 0.25) is 0 Å². The van der Waals surface area contributed by atoms with Crippen LogP contribution in [0.2, 0.25) is 0 Å². The normalized spacial score (nSPS) is 11.0. The first kappa shape index (κ1) is 18.6. The highest BCUT2D eigenvalue weighted by Crippen LogP contribution is 2.24. The van der Waals surface area contributed by atoms with E-state index in [-0.39, 0.29) is 11.9 Å². The lowest BCUT2D eigenvalue weighted by atomic mass is 10.1. The lowest BCUT2D eigenvalue weighted by Gasteiger charge is -2.13. The Balaban J connectivity index is 2.06. The number of methoxy groups -OCH3 is 1. The fourth-order valence-electron chi connectivity index (χ4n) is 3.04. The van der Waals surface area contributed by atoms with E-state index in [9.17, 15) is 9.59 Å². The first-order valence-electron chi connectivity index (χ1n) is 8.67. The third-order valence-electron chi connectivity index (χ3n) is 4.34. The van der Waals surface area contributed by atoms with Crippen molar-refractivity contribution in [1.29, 1.82) is 0 Å². The molecule has 7 heteroatoms. The highest BCUT2D eigenvalue weighted by atomic mass is 16.5. The Morgan fingerprint density at radius 2 is 1.96 bits per heavy atom. The van der Waals surface area contributed by atoms with Gasteiger partial charge >= 0.3 is 5.97 Å². The Morgan fingerprint density at radius 1 is 1.22 bits per heavy atom. The van der Waals surface area contributed by atoms with Crippen LogP contribution in [-0.4, -0.2) is 33.8 Å². The number of anilines is 1. The van der Waals surface area contributed by atoms with E-state index in [0.29, 0.717) is 33.5 Å². The van der Waals surface area contributed by atoms with E-state index >= 15 is 0 Å². The van der Waals surface area contributed by atoms with Gasteiger partial charge in [0, 0.05) is 11.7 Å². The molecule has 140 valence electrons. The summed E-state index contributed by atoms with van der Waals surface area (Å²) in [6, 6.07) is 7.10. The van der Waals surface area contributed by atoms with Gasteiger partial charge in [-0.15, -0.1) is 0 Å². The number of hydrogen-bond acceptors (Lipinski definition) is 5. The van der Waals surface area contributed by atoms with Crippen molar-refractivity contribution < 1.29 is 14.3 Å². The number of benzene rings is 1. The zero-order chi connectivity index (χ0) is 19.7. The van der Waals surface area contributed by atoms with E-state index in [1.165, 1.54) is 7.11 Å². The molecule has 0 saturated carbocycles. The smallest absolute Gasteiger partial charge is 0.340 e. The molecule has 3 aromatic rings. The van der Waals surface area contributed by atoms with Crippen LogP contribution in [-0.2, 0) is 4.74 Å². The zero-order valence-electron chi connectivity index (χ0n) is 16.0. The van der Waals surface area contributed by atoms with Gasteiger partial charge in [-0.1, -0.05) is 12.1 Å². The second-order valence-electron chi connectivity index (χ2n) is 6.67. The summed E-state index contributed by atoms with van der Waals surface area (Å²) in [5.74, 6) is -0.823. The van der Waals surface area contributed by atoms with Crippen LogP contribution in [0.25, 0.3) is 11.0 Å². The molecule has 2 aromatic heterocycles. The van der Waals surface area contributed by atoms with Crippen molar-refractivity contribution in [2.24, 2.45) is 0 Å². The number of pyridine rings is 1. The summed E-state index contributed by atoms with van der Waals surface area (Å²) in [5.41, 5.74) is 3.31. The first-order chi connectivity index (χ1) is 12.8. The molecular formula is C20H22N4O3. The highest BCUT2D eigenvalue weighted by Gasteiger charge is 2.20. The molecule has 1 N–H and O–H groups in total. The predicted octanol–water partition coefficient (Wildman–Crippen LogP) is 3.67. The second-order valence-corrected chi connectivity index (χ2v) is 6.67. The van der Waals surface area contributed by atoms with Crippen molar-refractivity contribution in [2.75, 3.05) is 12.4 Å². The van der Waals surface area contributed by atoms with Gasteiger partial charge in [-0.3, -0.25) is 4.79 Å². The van der Waals surface area contributed by atoms with Crippen LogP contribution in [0, 0.1) is 13.8 Å². The van der Waals surface area contributed by atoms with Crippen LogP contribution in [0.3, 0.4) is 0 Å². The van der Waals surface area contributed by atoms with E-state index < -0.39 is 5.97 Å². The molecule has 0 saturated heterocycles. The number of nitrogens with zero attached hydrogens (tertiary/aromatic N) is 3. The monoisotopic (exact) mass is 366 g/mol. The second kappa shape index (κ2) is 7.19. The minimum absolute atomic E-state index is 0.121. The molecule has 1 aromatic carbocycles. The number of ether oxygens (including phenoxy) is 1. The summed E-state index contributed by atoms with van der Waals surface area (Å²) < 4.78 is 6.63. The van der Waals surface area contributed by atoms with Crippen molar-refractivity contribution >= 4 is 28.6 Å². The Morgan fingerprint density at radius 3 is 2.63 bits per heavy atom. The average molecular weight is 366 g/mol. The maximum atomic E-state index is 13.0. The van der Waals surface area contributed by atoms with Crippen LogP contribution >= 0.6 is 0 Å². The van der Waals surface area contributed by atoms with Gasteiger partial charge in [0.25, 0.3) is 5.91 Å². The van der Waals surface area contributed by atoms with Crippen molar-refractivity contribution in [3.63, 3.8) is 0 Å². The van der Waals surface area contributed by atoms with E-state index in [1.807, 2.05) is 20.8 Å². The number of carbonyl (C=O) groups excluding carboxylic acids is 2. The Hall–Kier alpha value is -3.22. The third kappa shape index (κ3) is 3.40. The lowest BCUT2D eigenvalue weighted by Crippen LogP contribution is -2.17. The number of amides is 1. The summed E-state index contributed by atoms with van der Waals surface area (Å²) >= 11 is 0. The topological polar surface area (TPSA) is 86.1 Å². The Bertz CT molecular complexity index is 1040. The first-order valence-corrected chi connectivity index (χ1v) is 8.67. The Labute approximate surface area is 157 Å². The molecule has 0 aliphatic rings. The number of carbonyl (C=O) groups is 2.